The molecule has 27 heavy (non-hydrogen) atoms. The molecule has 3 nitrogen and oxygen atoms in total. The van der Waals surface area contributed by atoms with Crippen LogP contribution in [-0.2, 0) is 24.5 Å². The van der Waals surface area contributed by atoms with Crippen molar-refractivity contribution in [2.24, 2.45) is 0 Å². The molecule has 0 radical (unpaired) electrons. The van der Waals surface area contributed by atoms with Crippen LogP contribution in [0.1, 0.15) is 48.1 Å². The Morgan fingerprint density at radius 1 is 1.00 bits per heavy atom. The lowest BCUT2D eigenvalue weighted by Crippen LogP contribution is -2.10. The highest BCUT2D eigenvalue weighted by molar-refractivity contribution is 5.29. The van der Waals surface area contributed by atoms with Crippen LogP contribution < -0.4 is 0 Å². The summed E-state index contributed by atoms with van der Waals surface area (Å²) in [5.74, 6) is -0.101. The van der Waals surface area contributed by atoms with Gasteiger partial charge in [0.1, 0.15) is 24.2 Å². The van der Waals surface area contributed by atoms with Gasteiger partial charge in [0.2, 0.25) is 0 Å². The first-order valence-corrected chi connectivity index (χ1v) is 9.06. The van der Waals surface area contributed by atoms with E-state index >= 15 is 0 Å². The molecule has 0 amide bonds. The highest BCUT2D eigenvalue weighted by Gasteiger charge is 2.18. The van der Waals surface area contributed by atoms with E-state index in [0.717, 1.165) is 28.8 Å². The quantitative estimate of drug-likeness (QED) is 0.560. The summed E-state index contributed by atoms with van der Waals surface area (Å²) in [6, 6.07) is 13.6. The van der Waals surface area contributed by atoms with E-state index in [4.69, 9.17) is 4.74 Å². The van der Waals surface area contributed by atoms with Gasteiger partial charge in [0.15, 0.2) is 0 Å². The topological polar surface area (TPSA) is 27.1 Å². The fraction of sp³-hybridized carbons (Fsp3) is 0.318. The van der Waals surface area contributed by atoms with Crippen molar-refractivity contribution in [1.82, 2.24) is 9.55 Å². The fourth-order valence-electron chi connectivity index (χ4n) is 3.32. The van der Waals surface area contributed by atoms with Crippen LogP contribution >= 0.6 is 0 Å². The maximum Gasteiger partial charge on any atom is 0.126 e. The van der Waals surface area contributed by atoms with E-state index in [-0.39, 0.29) is 5.92 Å². The zero-order valence-electron chi connectivity index (χ0n) is 15.9. The Labute approximate surface area is 158 Å². The van der Waals surface area contributed by atoms with E-state index in [9.17, 15) is 8.78 Å². The molecule has 0 saturated carbocycles. The lowest BCUT2D eigenvalue weighted by atomic mass is 10.0. The third-order valence-electron chi connectivity index (χ3n) is 4.45. The van der Waals surface area contributed by atoms with Crippen molar-refractivity contribution in [3.05, 3.63) is 88.5 Å². The lowest BCUT2D eigenvalue weighted by Gasteiger charge is -2.15. The van der Waals surface area contributed by atoms with Gasteiger partial charge in [-0.25, -0.2) is 13.8 Å². The maximum atomic E-state index is 13.5. The minimum atomic E-state index is -0.571. The number of nitrogens with zero attached hydrogens (tertiary/aromatic N) is 2. The van der Waals surface area contributed by atoms with E-state index in [1.807, 2.05) is 41.8 Å². The molecule has 0 aliphatic heterocycles. The van der Waals surface area contributed by atoms with Crippen LogP contribution in [0.2, 0.25) is 0 Å². The van der Waals surface area contributed by atoms with Gasteiger partial charge in [-0.3, -0.25) is 0 Å². The van der Waals surface area contributed by atoms with Crippen LogP contribution in [0, 0.1) is 18.6 Å². The van der Waals surface area contributed by atoms with Gasteiger partial charge >= 0.3 is 0 Å². The minimum Gasteiger partial charge on any atom is -0.356 e. The predicted molar refractivity (Wildman–Crippen MR) is 101 cm³/mol. The molecule has 0 unspecified atom stereocenters. The van der Waals surface area contributed by atoms with E-state index < -0.39 is 11.6 Å². The van der Waals surface area contributed by atoms with Crippen LogP contribution in [0.3, 0.4) is 0 Å². The second kappa shape index (κ2) is 8.44. The molecule has 3 rings (SSSR count). The fourth-order valence-corrected chi connectivity index (χ4v) is 3.32. The minimum absolute atomic E-state index is 0.208. The Morgan fingerprint density at radius 2 is 1.67 bits per heavy atom. The molecule has 142 valence electrons. The van der Waals surface area contributed by atoms with Gasteiger partial charge in [-0.05, 0) is 36.1 Å². The standard InChI is InChI=1S/C22H24F2N2O/c1-15(2)22-21(11-18-9-19(23)12-20(24)10-18)25-16(3)26(22)14-27-13-17-7-5-4-6-8-17/h4-10,12,15H,11,13-14H2,1-3H3. The van der Waals surface area contributed by atoms with Crippen LogP contribution in [0.5, 0.6) is 0 Å². The van der Waals surface area contributed by atoms with E-state index in [2.05, 4.69) is 18.8 Å². The summed E-state index contributed by atoms with van der Waals surface area (Å²) in [5.41, 5.74) is 3.54. The Bertz CT molecular complexity index is 884. The second-order valence-corrected chi connectivity index (χ2v) is 6.99. The van der Waals surface area contributed by atoms with Crippen LogP contribution in [-0.4, -0.2) is 9.55 Å². The van der Waals surface area contributed by atoms with Crippen molar-refractivity contribution >= 4 is 0 Å². The number of halogens is 2. The average Bonchev–Trinajstić information content (AvgIpc) is 2.90. The second-order valence-electron chi connectivity index (χ2n) is 6.99. The average molecular weight is 370 g/mol. The normalized spacial score (nSPS) is 11.3. The van der Waals surface area contributed by atoms with Gasteiger partial charge in [-0.1, -0.05) is 44.2 Å². The first-order valence-electron chi connectivity index (χ1n) is 9.06. The number of benzene rings is 2. The summed E-state index contributed by atoms with van der Waals surface area (Å²) in [4.78, 5) is 4.65. The molecule has 1 heterocycles. The van der Waals surface area contributed by atoms with Crippen LogP contribution in [0.4, 0.5) is 8.78 Å². The largest absolute Gasteiger partial charge is 0.356 e. The molecule has 0 saturated heterocycles. The van der Waals surface area contributed by atoms with Gasteiger partial charge in [-0.2, -0.15) is 0 Å². The van der Waals surface area contributed by atoms with Crippen molar-refractivity contribution in [3.63, 3.8) is 0 Å². The molecular weight excluding hydrogens is 346 g/mol. The van der Waals surface area contributed by atoms with Gasteiger partial charge < -0.3 is 9.30 Å². The third kappa shape index (κ3) is 4.80. The Hall–Kier alpha value is -2.53. The van der Waals surface area contributed by atoms with Crippen molar-refractivity contribution in [2.45, 2.75) is 46.4 Å². The lowest BCUT2D eigenvalue weighted by molar-refractivity contribution is 0.0605. The molecule has 0 aliphatic carbocycles. The summed E-state index contributed by atoms with van der Waals surface area (Å²) in [6.45, 7) is 6.99. The summed E-state index contributed by atoms with van der Waals surface area (Å²) in [7, 11) is 0. The Morgan fingerprint density at radius 3 is 2.30 bits per heavy atom. The van der Waals surface area contributed by atoms with E-state index in [1.165, 1.54) is 12.1 Å². The van der Waals surface area contributed by atoms with Crippen LogP contribution in [0.25, 0.3) is 0 Å². The maximum absolute atomic E-state index is 13.5. The first kappa shape index (κ1) is 19.2. The number of hydrogen-bond donors (Lipinski definition) is 0. The zero-order chi connectivity index (χ0) is 19.4. The van der Waals surface area contributed by atoms with Gasteiger partial charge in [-0.15, -0.1) is 0 Å². The molecule has 0 N–H and O–H groups in total. The van der Waals surface area contributed by atoms with Crippen molar-refractivity contribution in [1.29, 1.82) is 0 Å². The van der Waals surface area contributed by atoms with Crippen LogP contribution in [0.15, 0.2) is 48.5 Å². The molecule has 1 aromatic heterocycles. The highest BCUT2D eigenvalue weighted by atomic mass is 19.1. The summed E-state index contributed by atoms with van der Waals surface area (Å²) < 4.78 is 35.0. The van der Waals surface area contributed by atoms with Crippen molar-refractivity contribution < 1.29 is 13.5 Å². The summed E-state index contributed by atoms with van der Waals surface area (Å²) in [5, 5.41) is 0. The highest BCUT2D eigenvalue weighted by Crippen LogP contribution is 2.24. The summed E-state index contributed by atoms with van der Waals surface area (Å²) in [6.07, 6.45) is 0.384. The van der Waals surface area contributed by atoms with E-state index in [0.29, 0.717) is 25.3 Å². The van der Waals surface area contributed by atoms with Crippen molar-refractivity contribution in [2.75, 3.05) is 0 Å². The van der Waals surface area contributed by atoms with Gasteiger partial charge in [0.25, 0.3) is 0 Å². The van der Waals surface area contributed by atoms with Gasteiger partial charge in [0.05, 0.1) is 12.3 Å². The summed E-state index contributed by atoms with van der Waals surface area (Å²) >= 11 is 0. The molecule has 3 aromatic rings. The predicted octanol–water partition coefficient (Wildman–Crippen LogP) is 5.36. The zero-order valence-corrected chi connectivity index (χ0v) is 15.9. The Kier molecular flexibility index (Phi) is 6.01. The third-order valence-corrected chi connectivity index (χ3v) is 4.45. The smallest absolute Gasteiger partial charge is 0.126 e. The molecule has 0 fully saturated rings. The van der Waals surface area contributed by atoms with Gasteiger partial charge in [0, 0.05) is 18.2 Å². The molecule has 5 heteroatoms. The molecule has 0 atom stereocenters. The number of aromatic nitrogens is 2. The SMILES string of the molecule is Cc1nc(Cc2cc(F)cc(F)c2)c(C(C)C)n1COCc1ccccc1. The molecular formula is C22H24F2N2O. The Balaban J connectivity index is 1.80. The number of hydrogen-bond acceptors (Lipinski definition) is 2. The van der Waals surface area contributed by atoms with Crippen molar-refractivity contribution in [3.8, 4) is 0 Å². The molecule has 2 aromatic carbocycles. The number of rotatable bonds is 7. The molecule has 0 spiro atoms. The molecule has 0 aliphatic rings. The first-order chi connectivity index (χ1) is 12.9. The number of aryl methyl sites for hydroxylation is 1. The monoisotopic (exact) mass is 370 g/mol. The van der Waals surface area contributed by atoms with E-state index in [1.54, 1.807) is 0 Å². The number of ether oxygens (including phenoxy) is 1. The molecule has 0 bridgehead atoms. The number of imidazole rings is 1.